The van der Waals surface area contributed by atoms with Gasteiger partial charge in [-0.1, -0.05) is 195 Å². The van der Waals surface area contributed by atoms with Crippen LogP contribution in [0.5, 0.6) is 0 Å². The molecule has 0 N–H and O–H groups in total. The van der Waals surface area contributed by atoms with Gasteiger partial charge in [0.05, 0.1) is 22.4 Å². The van der Waals surface area contributed by atoms with Gasteiger partial charge in [0.1, 0.15) is 0 Å². The zero-order valence-electron chi connectivity index (χ0n) is 52.6. The van der Waals surface area contributed by atoms with E-state index in [4.69, 9.17) is 0 Å². The lowest BCUT2D eigenvalue weighted by atomic mass is 9.36. The number of rotatable bonds is 6. The summed E-state index contributed by atoms with van der Waals surface area (Å²) >= 11 is 1.98. The van der Waals surface area contributed by atoms with Gasteiger partial charge in [0, 0.05) is 71.1 Å². The van der Waals surface area contributed by atoms with E-state index in [1.54, 1.807) is 0 Å². The van der Waals surface area contributed by atoms with Crippen molar-refractivity contribution in [3.05, 3.63) is 221 Å². The van der Waals surface area contributed by atoms with Crippen LogP contribution in [0, 0.1) is 13.8 Å². The van der Waals surface area contributed by atoms with E-state index in [2.05, 4.69) is 319 Å². The number of para-hydroxylation sites is 2. The second-order valence-corrected chi connectivity index (χ2v) is 30.4. The maximum absolute atomic E-state index is 2.69. The third-order valence-electron chi connectivity index (χ3n) is 18.1. The molecule has 2 aliphatic heterocycles. The molecule has 0 unspecified atom stereocenters. The molecule has 0 amide bonds. The zero-order chi connectivity index (χ0) is 59.3. The zero-order valence-corrected chi connectivity index (χ0v) is 53.4. The van der Waals surface area contributed by atoms with E-state index >= 15 is 0 Å². The van der Waals surface area contributed by atoms with Crippen LogP contribution in [0.3, 0.4) is 0 Å². The minimum Gasteiger partial charge on any atom is -0.311 e. The lowest BCUT2D eigenvalue weighted by Gasteiger charge is -2.45. The molecule has 0 atom stereocenters. The summed E-state index contributed by atoms with van der Waals surface area (Å²) in [4.78, 5) is 7.86. The summed E-state index contributed by atoms with van der Waals surface area (Å²) in [6, 6.07) is 70.5. The van der Waals surface area contributed by atoms with Crippen molar-refractivity contribution >= 4 is 117 Å². The first-order chi connectivity index (χ1) is 39.6. The smallest absolute Gasteiger partial charge is 0.264 e. The van der Waals surface area contributed by atoms with Crippen LogP contribution in [0.2, 0.25) is 0 Å². The molecule has 4 heterocycles. The summed E-state index contributed by atoms with van der Waals surface area (Å²) < 4.78 is 5.14. The number of benzene rings is 9. The number of aryl methyl sites for hydroxylation is 2. The first kappa shape index (κ1) is 55.4. The normalized spacial score (nSPS) is 13.7. The number of aromatic nitrogens is 1. The Balaban J connectivity index is 1.13. The Morgan fingerprint density at radius 1 is 0.369 bits per heavy atom. The van der Waals surface area contributed by atoms with Gasteiger partial charge in [-0.3, -0.25) is 0 Å². The third kappa shape index (κ3) is 9.17. The molecule has 0 saturated carbocycles. The van der Waals surface area contributed by atoms with Gasteiger partial charge in [0.2, 0.25) is 0 Å². The molecule has 2 aliphatic rings. The average molecular weight is 1120 g/mol. The van der Waals surface area contributed by atoms with Crippen LogP contribution in [0.1, 0.15) is 143 Å². The molecule has 0 aliphatic carbocycles. The highest BCUT2D eigenvalue weighted by Gasteiger charge is 2.47. The molecule has 6 heteroatoms. The fourth-order valence-electron chi connectivity index (χ4n) is 13.4. The highest BCUT2D eigenvalue weighted by atomic mass is 32.1. The number of hydrogen-bond donors (Lipinski definition) is 0. The molecule has 4 nitrogen and oxygen atoms in total. The van der Waals surface area contributed by atoms with Crippen molar-refractivity contribution in [2.24, 2.45) is 0 Å². The second-order valence-electron chi connectivity index (χ2n) is 29.3. The maximum Gasteiger partial charge on any atom is 0.264 e. The van der Waals surface area contributed by atoms with E-state index in [-0.39, 0.29) is 33.8 Å². The molecule has 9 aromatic carbocycles. The summed E-state index contributed by atoms with van der Waals surface area (Å²) in [6.07, 6.45) is 0. The molecule has 84 heavy (non-hydrogen) atoms. The number of fused-ring (bicyclic) bond motifs is 9. The number of hydrogen-bond acceptors (Lipinski definition) is 4. The highest BCUT2D eigenvalue weighted by Crippen LogP contribution is 2.52. The first-order valence-corrected chi connectivity index (χ1v) is 31.2. The predicted octanol–water partition coefficient (Wildman–Crippen LogP) is 20.7. The van der Waals surface area contributed by atoms with Crippen LogP contribution < -0.4 is 30.4 Å². The standard InChI is InChI=1S/C78H81BN4S/c1-48-41-53(77(12,13)14)42-49(2)71(48)83-66-47-59(80(56-32-27-50(28-33-56)74(3,4)5)58-36-38-61-60-25-21-22-26-64(60)81(65(61)46-58)55-23-19-18-20-24-55)37-39-63(66)79-70-67(44-54(45-68(70)83)78(15,16)17)82(57-34-29-51(30-35-57)75(6,7)8)72-62-43-52(76(9,10)11)31-40-69(62)84-73(72)79/h18-47H,1-17H3. The van der Waals surface area contributed by atoms with Crippen LogP contribution in [-0.2, 0) is 27.1 Å². The Hall–Kier alpha value is -7.80. The van der Waals surface area contributed by atoms with Crippen LogP contribution in [0.15, 0.2) is 182 Å². The van der Waals surface area contributed by atoms with E-state index in [0.29, 0.717) is 0 Å². The van der Waals surface area contributed by atoms with Gasteiger partial charge in [-0.15, -0.1) is 11.3 Å². The monoisotopic (exact) mass is 1120 g/mol. The van der Waals surface area contributed by atoms with E-state index in [9.17, 15) is 0 Å². The predicted molar refractivity (Wildman–Crippen MR) is 368 cm³/mol. The summed E-state index contributed by atoms with van der Waals surface area (Å²) in [7, 11) is 0. The van der Waals surface area contributed by atoms with Crippen LogP contribution in [0.25, 0.3) is 37.6 Å². The average Bonchev–Trinajstić information content (AvgIpc) is 1.24. The lowest BCUT2D eigenvalue weighted by molar-refractivity contribution is 0.589. The van der Waals surface area contributed by atoms with Crippen molar-refractivity contribution in [1.82, 2.24) is 4.57 Å². The van der Waals surface area contributed by atoms with Crippen LogP contribution in [0.4, 0.5) is 51.2 Å². The second kappa shape index (κ2) is 19.4. The Labute approximate surface area is 504 Å². The summed E-state index contributed by atoms with van der Waals surface area (Å²) in [5.41, 5.74) is 25.8. The first-order valence-electron chi connectivity index (χ1n) is 30.4. The maximum atomic E-state index is 2.69. The van der Waals surface area contributed by atoms with Crippen molar-refractivity contribution in [3.8, 4) is 5.69 Å². The summed E-state index contributed by atoms with van der Waals surface area (Å²) in [5.74, 6) is 0. The van der Waals surface area contributed by atoms with Crippen molar-refractivity contribution in [2.45, 2.75) is 145 Å². The minimum absolute atomic E-state index is 0.00711. The summed E-state index contributed by atoms with van der Waals surface area (Å²) in [5, 5.41) is 3.79. The fraction of sp³-hybridized carbons (Fsp3) is 0.282. The van der Waals surface area contributed by atoms with Crippen LogP contribution >= 0.6 is 11.3 Å². The molecule has 2 aromatic heterocycles. The van der Waals surface area contributed by atoms with Gasteiger partial charge in [-0.2, -0.15) is 0 Å². The molecule has 0 radical (unpaired) electrons. The van der Waals surface area contributed by atoms with E-state index in [0.717, 1.165) is 22.7 Å². The van der Waals surface area contributed by atoms with Crippen molar-refractivity contribution in [2.75, 3.05) is 14.7 Å². The van der Waals surface area contributed by atoms with E-state index in [1.807, 2.05) is 11.3 Å². The van der Waals surface area contributed by atoms with Gasteiger partial charge in [0.15, 0.2) is 0 Å². The van der Waals surface area contributed by atoms with Gasteiger partial charge < -0.3 is 19.3 Å². The van der Waals surface area contributed by atoms with Gasteiger partial charge in [-0.05, 0) is 182 Å². The topological polar surface area (TPSA) is 14.7 Å². The van der Waals surface area contributed by atoms with E-state index < -0.39 is 0 Å². The van der Waals surface area contributed by atoms with Gasteiger partial charge in [0.25, 0.3) is 6.71 Å². The number of nitrogens with zero attached hydrogens (tertiary/aromatic N) is 4. The Kier molecular flexibility index (Phi) is 12.8. The summed E-state index contributed by atoms with van der Waals surface area (Å²) in [6.45, 7) is 39.7. The fourth-order valence-corrected chi connectivity index (χ4v) is 14.7. The SMILES string of the molecule is Cc1cc(C(C)(C)C)cc(C)c1N1c2cc(N(c3ccc(C(C)(C)C)cc3)c3ccc4c5ccccc5n(-c5ccccc5)c4c3)ccc2B2c3sc4ccc(C(C)(C)C)cc4c3N(c3ccc(C(C)(C)C)cc3)c3cc(C(C)(C)C)cc1c32. The third-order valence-corrected chi connectivity index (χ3v) is 19.4. The van der Waals surface area contributed by atoms with Crippen molar-refractivity contribution < 1.29 is 0 Å². The molecule has 0 spiro atoms. The minimum atomic E-state index is -0.177. The molecular weight excluding hydrogens is 1040 g/mol. The quantitative estimate of drug-likeness (QED) is 0.154. The van der Waals surface area contributed by atoms with Crippen LogP contribution in [-0.4, -0.2) is 11.3 Å². The molecule has 0 fully saturated rings. The molecule has 422 valence electrons. The largest absolute Gasteiger partial charge is 0.311 e. The lowest BCUT2D eigenvalue weighted by Crippen LogP contribution is -2.60. The number of thiophene rings is 1. The van der Waals surface area contributed by atoms with Gasteiger partial charge >= 0.3 is 0 Å². The molecule has 0 saturated heterocycles. The molecule has 13 rings (SSSR count). The Morgan fingerprint density at radius 3 is 1.50 bits per heavy atom. The van der Waals surface area contributed by atoms with E-state index in [1.165, 1.54) is 121 Å². The Bertz CT molecular complexity index is 4390. The Morgan fingerprint density at radius 2 is 0.881 bits per heavy atom. The molecule has 11 aromatic rings. The molecular formula is C78H81BN4S. The van der Waals surface area contributed by atoms with Crippen molar-refractivity contribution in [1.29, 1.82) is 0 Å². The van der Waals surface area contributed by atoms with Gasteiger partial charge in [-0.25, -0.2) is 0 Å². The highest BCUT2D eigenvalue weighted by molar-refractivity contribution is 7.33. The molecule has 0 bridgehead atoms. The van der Waals surface area contributed by atoms with Crippen molar-refractivity contribution in [3.63, 3.8) is 0 Å². The number of anilines is 9.